The number of anilines is 2. The zero-order valence-corrected chi connectivity index (χ0v) is 20.6. The minimum absolute atomic E-state index is 0.186. The molecule has 0 bridgehead atoms. The molecule has 0 spiro atoms. The number of carboxylic acids is 2. The highest BCUT2D eigenvalue weighted by Gasteiger charge is 2.20. The molecule has 0 aliphatic carbocycles. The maximum absolute atomic E-state index is 12.7. The van der Waals surface area contributed by atoms with Gasteiger partial charge in [-0.15, -0.1) is 11.8 Å². The Kier molecular flexibility index (Phi) is 8.57. The summed E-state index contributed by atoms with van der Waals surface area (Å²) in [6.07, 6.45) is 0. The maximum atomic E-state index is 12.7. The van der Waals surface area contributed by atoms with Gasteiger partial charge in [0.15, 0.2) is 0 Å². The summed E-state index contributed by atoms with van der Waals surface area (Å²) in [4.78, 5) is 48.8. The van der Waals surface area contributed by atoms with Crippen LogP contribution < -0.4 is 15.4 Å². The van der Waals surface area contributed by atoms with E-state index in [0.29, 0.717) is 27.0 Å². The summed E-state index contributed by atoms with van der Waals surface area (Å²) in [5.74, 6) is -3.28. The monoisotopic (exact) mass is 528 g/mol. The van der Waals surface area contributed by atoms with Crippen LogP contribution in [0.2, 0.25) is 5.02 Å². The molecule has 9 nitrogen and oxygen atoms in total. The van der Waals surface area contributed by atoms with Gasteiger partial charge in [0.2, 0.25) is 5.91 Å². The van der Waals surface area contributed by atoms with Crippen molar-refractivity contribution in [2.24, 2.45) is 0 Å². The Balaban J connectivity index is 1.72. The van der Waals surface area contributed by atoms with Gasteiger partial charge in [0.25, 0.3) is 5.91 Å². The number of nitrogens with one attached hydrogen (secondary N) is 2. The van der Waals surface area contributed by atoms with Crippen molar-refractivity contribution in [2.45, 2.75) is 17.1 Å². The van der Waals surface area contributed by atoms with Crippen LogP contribution in [0.3, 0.4) is 0 Å². The molecule has 1 atom stereocenters. The Morgan fingerprint density at radius 2 is 1.67 bits per heavy atom. The number of amides is 2. The number of hydrogen-bond donors (Lipinski definition) is 4. The molecule has 1 unspecified atom stereocenters. The Morgan fingerprint density at radius 3 is 2.33 bits per heavy atom. The Bertz CT molecular complexity index is 1350. The van der Waals surface area contributed by atoms with Crippen LogP contribution in [0.4, 0.5) is 11.4 Å². The van der Waals surface area contributed by atoms with Gasteiger partial charge in [-0.3, -0.25) is 9.59 Å². The number of halogens is 1. The minimum Gasteiger partial charge on any atom is -0.495 e. The van der Waals surface area contributed by atoms with Gasteiger partial charge < -0.3 is 25.6 Å². The van der Waals surface area contributed by atoms with E-state index in [1.54, 1.807) is 49.4 Å². The molecule has 0 heterocycles. The van der Waals surface area contributed by atoms with Crippen LogP contribution in [0, 0.1) is 0 Å². The van der Waals surface area contributed by atoms with Crippen LogP contribution in [0.25, 0.3) is 0 Å². The maximum Gasteiger partial charge on any atom is 0.336 e. The molecule has 3 rings (SSSR count). The van der Waals surface area contributed by atoms with E-state index < -0.39 is 28.7 Å². The highest BCUT2D eigenvalue weighted by atomic mass is 35.5. The van der Waals surface area contributed by atoms with Crippen molar-refractivity contribution in [3.05, 3.63) is 82.4 Å². The van der Waals surface area contributed by atoms with Gasteiger partial charge >= 0.3 is 11.9 Å². The number of methoxy groups -OCH3 is 1. The summed E-state index contributed by atoms with van der Waals surface area (Å²) in [6, 6.07) is 14.8. The third kappa shape index (κ3) is 6.55. The average Bonchev–Trinajstić information content (AvgIpc) is 2.83. The summed E-state index contributed by atoms with van der Waals surface area (Å²) < 4.78 is 5.24. The minimum atomic E-state index is -1.43. The second-order valence-electron chi connectivity index (χ2n) is 7.45. The van der Waals surface area contributed by atoms with E-state index >= 15 is 0 Å². The molecule has 3 aromatic carbocycles. The quantitative estimate of drug-likeness (QED) is 0.280. The van der Waals surface area contributed by atoms with Crippen molar-refractivity contribution >= 4 is 58.5 Å². The fourth-order valence-electron chi connectivity index (χ4n) is 3.17. The lowest BCUT2D eigenvalue weighted by Crippen LogP contribution is -2.22. The molecular weight excluding hydrogens is 508 g/mol. The summed E-state index contributed by atoms with van der Waals surface area (Å²) in [6.45, 7) is 1.71. The third-order valence-electron chi connectivity index (χ3n) is 4.93. The highest BCUT2D eigenvalue weighted by molar-refractivity contribution is 8.00. The number of carbonyl (C=O) groups is 4. The van der Waals surface area contributed by atoms with E-state index in [4.69, 9.17) is 21.4 Å². The number of aromatic carboxylic acids is 2. The first-order valence-corrected chi connectivity index (χ1v) is 11.7. The smallest absolute Gasteiger partial charge is 0.336 e. The Morgan fingerprint density at radius 1 is 0.917 bits per heavy atom. The van der Waals surface area contributed by atoms with Gasteiger partial charge in [-0.1, -0.05) is 17.7 Å². The standard InChI is InChI=1S/C25H21ClN2O7S/c1-13(22(29)28-20-11-15(26)7-9-21(20)35-2)36-17-5-3-4-16(12-17)27-23(30)18-8-6-14(24(31)32)10-19(18)25(33)34/h3-13H,1-2H3,(H,27,30)(H,28,29)(H,31,32)(H,33,34). The van der Waals surface area contributed by atoms with E-state index in [2.05, 4.69) is 10.6 Å². The van der Waals surface area contributed by atoms with E-state index in [1.807, 2.05) is 0 Å². The Hall–Kier alpha value is -4.02. The molecule has 2 amide bonds. The normalized spacial score (nSPS) is 11.3. The predicted molar refractivity (Wildman–Crippen MR) is 137 cm³/mol. The van der Waals surface area contributed by atoms with Gasteiger partial charge in [-0.05, 0) is 61.5 Å². The molecule has 0 aliphatic heterocycles. The van der Waals surface area contributed by atoms with Gasteiger partial charge in [0.05, 0.1) is 34.7 Å². The number of ether oxygens (including phenoxy) is 1. The average molecular weight is 529 g/mol. The van der Waals surface area contributed by atoms with Crippen LogP contribution in [0.5, 0.6) is 5.75 Å². The molecule has 0 fully saturated rings. The third-order valence-corrected chi connectivity index (χ3v) is 6.26. The number of benzene rings is 3. The van der Waals surface area contributed by atoms with Crippen LogP contribution >= 0.6 is 23.4 Å². The molecule has 4 N–H and O–H groups in total. The lowest BCUT2D eigenvalue weighted by Gasteiger charge is -2.15. The number of carbonyl (C=O) groups excluding carboxylic acids is 2. The van der Waals surface area contributed by atoms with Crippen molar-refractivity contribution in [3.63, 3.8) is 0 Å². The lowest BCUT2D eigenvalue weighted by atomic mass is 10.0. The molecule has 0 saturated heterocycles. The van der Waals surface area contributed by atoms with Crippen LogP contribution in [-0.4, -0.2) is 46.3 Å². The molecule has 186 valence electrons. The molecular formula is C25H21ClN2O7S. The van der Waals surface area contributed by atoms with Crippen molar-refractivity contribution in [1.29, 1.82) is 0 Å². The summed E-state index contributed by atoms with van der Waals surface area (Å²) in [7, 11) is 1.48. The van der Waals surface area contributed by atoms with Gasteiger partial charge in [-0.2, -0.15) is 0 Å². The van der Waals surface area contributed by atoms with Gasteiger partial charge in [0.1, 0.15) is 5.75 Å². The summed E-state index contributed by atoms with van der Waals surface area (Å²) in [5, 5.41) is 23.8. The van der Waals surface area contributed by atoms with Crippen LogP contribution in [0.15, 0.2) is 65.6 Å². The van der Waals surface area contributed by atoms with Crippen molar-refractivity contribution in [3.8, 4) is 5.75 Å². The molecule has 0 saturated carbocycles. The zero-order chi connectivity index (χ0) is 26.4. The molecule has 3 aromatic rings. The first-order valence-electron chi connectivity index (χ1n) is 10.4. The molecule has 36 heavy (non-hydrogen) atoms. The van der Waals surface area contributed by atoms with Gasteiger partial charge in [0, 0.05) is 15.6 Å². The number of thioether (sulfide) groups is 1. The van der Waals surface area contributed by atoms with Crippen LogP contribution in [-0.2, 0) is 4.79 Å². The molecule has 0 radical (unpaired) electrons. The second kappa shape index (κ2) is 11.6. The van der Waals surface area contributed by atoms with E-state index in [1.165, 1.54) is 18.9 Å². The predicted octanol–water partition coefficient (Wildman–Crippen LogP) is 5.12. The first-order chi connectivity index (χ1) is 17.1. The topological polar surface area (TPSA) is 142 Å². The number of carboxylic acid groups (broad SMARTS) is 2. The number of rotatable bonds is 9. The summed E-state index contributed by atoms with van der Waals surface area (Å²) in [5.41, 5.74) is -0.0576. The first kappa shape index (κ1) is 26.6. The molecule has 0 aliphatic rings. The van der Waals surface area contributed by atoms with Crippen LogP contribution in [0.1, 0.15) is 38.0 Å². The second-order valence-corrected chi connectivity index (χ2v) is 9.30. The SMILES string of the molecule is COc1ccc(Cl)cc1NC(=O)C(C)Sc1cccc(NC(=O)c2ccc(C(=O)O)cc2C(=O)O)c1. The lowest BCUT2D eigenvalue weighted by molar-refractivity contribution is -0.115. The van der Waals surface area contributed by atoms with Gasteiger partial charge in [-0.25, -0.2) is 9.59 Å². The fourth-order valence-corrected chi connectivity index (χ4v) is 4.27. The van der Waals surface area contributed by atoms with Crippen molar-refractivity contribution in [1.82, 2.24) is 0 Å². The molecule has 0 aromatic heterocycles. The summed E-state index contributed by atoms with van der Waals surface area (Å²) >= 11 is 7.26. The highest BCUT2D eigenvalue weighted by Crippen LogP contribution is 2.30. The zero-order valence-electron chi connectivity index (χ0n) is 19.1. The van der Waals surface area contributed by atoms with E-state index in [9.17, 15) is 24.3 Å². The largest absolute Gasteiger partial charge is 0.495 e. The van der Waals surface area contributed by atoms with Crippen molar-refractivity contribution < 1.29 is 34.1 Å². The van der Waals surface area contributed by atoms with E-state index in [-0.39, 0.29) is 17.0 Å². The number of hydrogen-bond acceptors (Lipinski definition) is 6. The van der Waals surface area contributed by atoms with Crippen molar-refractivity contribution in [2.75, 3.05) is 17.7 Å². The molecule has 11 heteroatoms. The van der Waals surface area contributed by atoms with E-state index in [0.717, 1.165) is 18.2 Å². The fraction of sp³-hybridized carbons (Fsp3) is 0.120. The Labute approximate surface area is 215 Å².